The Bertz CT molecular complexity index is 509. The Labute approximate surface area is 106 Å². The van der Waals surface area contributed by atoms with Crippen LogP contribution in [0.2, 0.25) is 0 Å². The van der Waals surface area contributed by atoms with Gasteiger partial charge in [-0.1, -0.05) is 18.2 Å². The molecule has 1 aromatic heterocycles. The first-order chi connectivity index (χ1) is 8.70. The molecule has 2 rings (SSSR count). The number of pyridine rings is 1. The molecule has 4 heteroatoms. The number of rotatable bonds is 4. The maximum Gasteiger partial charge on any atom is 0.219 e. The van der Waals surface area contributed by atoms with Crippen molar-refractivity contribution >= 4 is 0 Å². The Morgan fingerprint density at radius 3 is 2.39 bits per heavy atom. The van der Waals surface area contributed by atoms with Crippen molar-refractivity contribution in [2.24, 2.45) is 5.73 Å². The Balaban J connectivity index is 2.18. The molecule has 1 aromatic carbocycles. The minimum atomic E-state index is -0.0298. The highest BCUT2D eigenvalue weighted by Gasteiger charge is 2.06. The van der Waals surface area contributed by atoms with Crippen LogP contribution in [0.5, 0.6) is 17.4 Å². The smallest absolute Gasteiger partial charge is 0.219 e. The highest BCUT2D eigenvalue weighted by Crippen LogP contribution is 2.30. The van der Waals surface area contributed by atoms with Crippen molar-refractivity contribution in [3.05, 3.63) is 48.2 Å². The van der Waals surface area contributed by atoms with E-state index >= 15 is 0 Å². The molecule has 0 saturated heterocycles. The number of nitrogens with zero attached hydrogens (tertiary/aromatic N) is 1. The second-order valence-electron chi connectivity index (χ2n) is 3.97. The van der Waals surface area contributed by atoms with Crippen LogP contribution in [0.15, 0.2) is 42.6 Å². The molecular formula is C14H16N2O2. The largest absolute Gasteiger partial charge is 0.493 e. The predicted octanol–water partition coefficient (Wildman–Crippen LogP) is 2.90. The molecular weight excluding hydrogens is 228 g/mol. The van der Waals surface area contributed by atoms with Crippen molar-refractivity contribution in [3.63, 3.8) is 0 Å². The van der Waals surface area contributed by atoms with E-state index in [0.717, 1.165) is 5.56 Å². The maximum atomic E-state index is 5.76. The molecule has 1 unspecified atom stereocenters. The van der Waals surface area contributed by atoms with Crippen LogP contribution in [-0.4, -0.2) is 12.1 Å². The lowest BCUT2D eigenvalue weighted by atomic mass is 10.2. The van der Waals surface area contributed by atoms with Gasteiger partial charge in [0, 0.05) is 18.3 Å². The van der Waals surface area contributed by atoms with E-state index in [1.54, 1.807) is 19.4 Å². The summed E-state index contributed by atoms with van der Waals surface area (Å²) in [6.07, 6.45) is 1.72. The maximum absolute atomic E-state index is 5.76. The van der Waals surface area contributed by atoms with Crippen molar-refractivity contribution in [2.45, 2.75) is 13.0 Å². The second kappa shape index (κ2) is 5.51. The predicted molar refractivity (Wildman–Crippen MR) is 69.9 cm³/mol. The Hall–Kier alpha value is -2.07. The van der Waals surface area contributed by atoms with E-state index in [4.69, 9.17) is 15.2 Å². The van der Waals surface area contributed by atoms with E-state index in [-0.39, 0.29) is 6.04 Å². The number of hydrogen-bond donors (Lipinski definition) is 1. The zero-order valence-corrected chi connectivity index (χ0v) is 10.5. The number of methoxy groups -OCH3 is 1. The lowest BCUT2D eigenvalue weighted by molar-refractivity contribution is 0.374. The van der Waals surface area contributed by atoms with E-state index in [2.05, 4.69) is 4.98 Å². The third-order valence-corrected chi connectivity index (χ3v) is 2.57. The van der Waals surface area contributed by atoms with Crippen molar-refractivity contribution in [1.82, 2.24) is 4.98 Å². The fourth-order valence-corrected chi connectivity index (χ4v) is 1.54. The van der Waals surface area contributed by atoms with Gasteiger partial charge in [-0.3, -0.25) is 0 Å². The summed E-state index contributed by atoms with van der Waals surface area (Å²) in [5, 5.41) is 0. The molecule has 18 heavy (non-hydrogen) atoms. The van der Waals surface area contributed by atoms with E-state index in [1.807, 2.05) is 37.3 Å². The van der Waals surface area contributed by atoms with Crippen LogP contribution in [-0.2, 0) is 0 Å². The van der Waals surface area contributed by atoms with Crippen LogP contribution in [0.1, 0.15) is 18.5 Å². The van der Waals surface area contributed by atoms with Gasteiger partial charge in [0.15, 0.2) is 11.5 Å². The summed E-state index contributed by atoms with van der Waals surface area (Å²) in [6, 6.07) is 11.1. The molecule has 0 aliphatic rings. The topological polar surface area (TPSA) is 57.4 Å². The normalized spacial score (nSPS) is 11.9. The summed E-state index contributed by atoms with van der Waals surface area (Å²) in [5.41, 5.74) is 6.74. The Morgan fingerprint density at radius 1 is 1.11 bits per heavy atom. The molecule has 0 saturated carbocycles. The van der Waals surface area contributed by atoms with Gasteiger partial charge >= 0.3 is 0 Å². The van der Waals surface area contributed by atoms with Gasteiger partial charge in [-0.05, 0) is 24.6 Å². The molecule has 0 bridgehead atoms. The van der Waals surface area contributed by atoms with Crippen LogP contribution in [0.3, 0.4) is 0 Å². The highest BCUT2D eigenvalue weighted by atomic mass is 16.5. The Kier molecular flexibility index (Phi) is 3.79. The standard InChI is InChI=1S/C14H16N2O2/c1-10(15)11-7-8-14(16-9-11)18-13-6-4-3-5-12(13)17-2/h3-10H,15H2,1-2H3. The van der Waals surface area contributed by atoms with Crippen molar-refractivity contribution < 1.29 is 9.47 Å². The lowest BCUT2D eigenvalue weighted by Gasteiger charge is -2.10. The molecule has 4 nitrogen and oxygen atoms in total. The first kappa shape index (κ1) is 12.4. The molecule has 0 aliphatic carbocycles. The number of nitrogens with two attached hydrogens (primary N) is 1. The zero-order chi connectivity index (χ0) is 13.0. The number of benzene rings is 1. The van der Waals surface area contributed by atoms with Crippen LogP contribution in [0.4, 0.5) is 0 Å². The molecule has 1 atom stereocenters. The van der Waals surface area contributed by atoms with Gasteiger partial charge in [0.1, 0.15) is 0 Å². The average Bonchev–Trinajstić information content (AvgIpc) is 2.40. The fraction of sp³-hybridized carbons (Fsp3) is 0.214. The molecule has 2 N–H and O–H groups in total. The third-order valence-electron chi connectivity index (χ3n) is 2.57. The van der Waals surface area contributed by atoms with Crippen molar-refractivity contribution in [1.29, 1.82) is 0 Å². The fourth-order valence-electron chi connectivity index (χ4n) is 1.54. The van der Waals surface area contributed by atoms with Crippen LogP contribution < -0.4 is 15.2 Å². The molecule has 1 heterocycles. The Morgan fingerprint density at radius 2 is 1.83 bits per heavy atom. The molecule has 0 radical (unpaired) electrons. The van der Waals surface area contributed by atoms with Gasteiger partial charge < -0.3 is 15.2 Å². The van der Waals surface area contributed by atoms with Crippen molar-refractivity contribution in [2.75, 3.05) is 7.11 Å². The molecule has 0 fully saturated rings. The summed E-state index contributed by atoms with van der Waals surface area (Å²) in [5.74, 6) is 1.83. The van der Waals surface area contributed by atoms with Gasteiger partial charge in [0.2, 0.25) is 5.88 Å². The van der Waals surface area contributed by atoms with E-state index < -0.39 is 0 Å². The summed E-state index contributed by atoms with van der Waals surface area (Å²) in [6.45, 7) is 1.91. The molecule has 94 valence electrons. The molecule has 0 spiro atoms. The monoisotopic (exact) mass is 244 g/mol. The molecule has 0 amide bonds. The summed E-state index contributed by atoms with van der Waals surface area (Å²) in [7, 11) is 1.61. The van der Waals surface area contributed by atoms with Gasteiger partial charge in [-0.2, -0.15) is 0 Å². The summed E-state index contributed by atoms with van der Waals surface area (Å²) < 4.78 is 10.9. The second-order valence-corrected chi connectivity index (χ2v) is 3.97. The van der Waals surface area contributed by atoms with E-state index in [0.29, 0.717) is 17.4 Å². The number of hydrogen-bond acceptors (Lipinski definition) is 4. The zero-order valence-electron chi connectivity index (χ0n) is 10.5. The lowest BCUT2D eigenvalue weighted by Crippen LogP contribution is -2.05. The molecule has 0 aliphatic heterocycles. The van der Waals surface area contributed by atoms with Crippen LogP contribution in [0.25, 0.3) is 0 Å². The average molecular weight is 244 g/mol. The minimum Gasteiger partial charge on any atom is -0.493 e. The summed E-state index contributed by atoms with van der Waals surface area (Å²) in [4.78, 5) is 4.21. The van der Waals surface area contributed by atoms with Crippen molar-refractivity contribution in [3.8, 4) is 17.4 Å². The first-order valence-electron chi connectivity index (χ1n) is 5.73. The minimum absolute atomic E-state index is 0.0298. The highest BCUT2D eigenvalue weighted by molar-refractivity contribution is 5.41. The van der Waals surface area contributed by atoms with Gasteiger partial charge in [0.05, 0.1) is 7.11 Å². The van der Waals surface area contributed by atoms with Gasteiger partial charge in [-0.15, -0.1) is 0 Å². The number of aromatic nitrogens is 1. The molecule has 2 aromatic rings. The van der Waals surface area contributed by atoms with E-state index in [9.17, 15) is 0 Å². The van der Waals surface area contributed by atoms with E-state index in [1.165, 1.54) is 0 Å². The summed E-state index contributed by atoms with van der Waals surface area (Å²) >= 11 is 0. The number of para-hydroxylation sites is 2. The van der Waals surface area contributed by atoms with Crippen LogP contribution in [0, 0.1) is 0 Å². The van der Waals surface area contributed by atoms with Gasteiger partial charge in [-0.25, -0.2) is 4.98 Å². The first-order valence-corrected chi connectivity index (χ1v) is 5.73. The number of ether oxygens (including phenoxy) is 2. The van der Waals surface area contributed by atoms with Gasteiger partial charge in [0.25, 0.3) is 0 Å². The quantitative estimate of drug-likeness (QED) is 0.898. The SMILES string of the molecule is COc1ccccc1Oc1ccc(C(C)N)cn1. The van der Waals surface area contributed by atoms with Crippen LogP contribution >= 0.6 is 0 Å². The third kappa shape index (κ3) is 2.78.